The molecule has 0 atom stereocenters. The summed E-state index contributed by atoms with van der Waals surface area (Å²) in [6.45, 7) is 10.6. The number of anilines is 1. The second-order valence-electron chi connectivity index (χ2n) is 9.17. The van der Waals surface area contributed by atoms with Gasteiger partial charge in [0.05, 0.1) is 23.7 Å². The van der Waals surface area contributed by atoms with Gasteiger partial charge in [0.1, 0.15) is 5.00 Å². The molecule has 39 heavy (non-hydrogen) atoms. The van der Waals surface area contributed by atoms with Crippen LogP contribution in [0.1, 0.15) is 51.9 Å². The van der Waals surface area contributed by atoms with Gasteiger partial charge in [-0.25, -0.2) is 8.42 Å². The number of sulfonamides is 1. The number of thiophene rings is 1. The number of rotatable bonds is 14. The Morgan fingerprint density at radius 2 is 1.64 bits per heavy atom. The summed E-state index contributed by atoms with van der Waals surface area (Å²) in [6.07, 6.45) is 0.757. The molecule has 0 unspecified atom stereocenters. The molecule has 1 aromatic carbocycles. The highest BCUT2D eigenvalue weighted by Gasteiger charge is 2.30. The van der Waals surface area contributed by atoms with Crippen molar-refractivity contribution in [3.8, 4) is 0 Å². The number of ether oxygens (including phenoxy) is 2. The summed E-state index contributed by atoms with van der Waals surface area (Å²) in [5, 5.41) is 3.50. The average molecular weight is 581 g/mol. The predicted molar refractivity (Wildman–Crippen MR) is 153 cm³/mol. The number of benzene rings is 1. The first-order valence-electron chi connectivity index (χ1n) is 13.3. The molecule has 10 nitrogen and oxygen atoms in total. The molecular formula is C27H40N4O6S2. The van der Waals surface area contributed by atoms with Gasteiger partial charge in [-0.15, -0.1) is 11.3 Å². The van der Waals surface area contributed by atoms with Crippen molar-refractivity contribution in [1.82, 2.24) is 14.1 Å². The van der Waals surface area contributed by atoms with Gasteiger partial charge in [0, 0.05) is 63.9 Å². The van der Waals surface area contributed by atoms with E-state index in [2.05, 4.69) is 17.1 Å². The highest BCUT2D eigenvalue weighted by Crippen LogP contribution is 2.38. The molecule has 1 aliphatic heterocycles. The zero-order chi connectivity index (χ0) is 28.6. The first kappa shape index (κ1) is 31.2. The van der Waals surface area contributed by atoms with E-state index in [-0.39, 0.29) is 37.1 Å². The Morgan fingerprint density at radius 1 is 1.03 bits per heavy atom. The molecule has 1 N–H and O–H groups in total. The zero-order valence-electron chi connectivity index (χ0n) is 23.5. The van der Waals surface area contributed by atoms with Crippen LogP contribution in [0.2, 0.25) is 0 Å². The van der Waals surface area contributed by atoms with Crippen molar-refractivity contribution < 1.29 is 27.5 Å². The normalized spacial score (nSPS) is 13.9. The molecule has 0 aliphatic carbocycles. The monoisotopic (exact) mass is 580 g/mol. The van der Waals surface area contributed by atoms with Gasteiger partial charge in [-0.05, 0) is 56.6 Å². The number of nitrogens with one attached hydrogen (secondary N) is 1. The molecule has 0 saturated carbocycles. The number of nitrogens with zero attached hydrogens (tertiary/aromatic N) is 3. The topological polar surface area (TPSA) is 108 Å². The van der Waals surface area contributed by atoms with E-state index >= 15 is 0 Å². The van der Waals surface area contributed by atoms with Gasteiger partial charge in [0.15, 0.2) is 0 Å². The Hall–Kier alpha value is -2.35. The maximum absolute atomic E-state index is 13.5. The molecule has 0 radical (unpaired) electrons. The summed E-state index contributed by atoms with van der Waals surface area (Å²) < 4.78 is 37.8. The van der Waals surface area contributed by atoms with Crippen molar-refractivity contribution in [2.75, 3.05) is 72.0 Å². The molecule has 1 aliphatic rings. The number of hydrogen-bond acceptors (Lipinski definition) is 8. The van der Waals surface area contributed by atoms with Crippen LogP contribution in [-0.4, -0.2) is 101 Å². The Morgan fingerprint density at radius 3 is 2.18 bits per heavy atom. The second-order valence-corrected chi connectivity index (χ2v) is 12.2. The van der Waals surface area contributed by atoms with Crippen molar-refractivity contribution >= 4 is 38.2 Å². The minimum atomic E-state index is -3.80. The summed E-state index contributed by atoms with van der Waals surface area (Å²) in [5.41, 5.74) is 1.90. The van der Waals surface area contributed by atoms with Crippen LogP contribution in [0.3, 0.4) is 0 Å². The molecule has 3 rings (SSSR count). The summed E-state index contributed by atoms with van der Waals surface area (Å²) >= 11 is 1.45. The number of likely N-dealkylation sites (N-methyl/N-ethyl adjacent to an activating group) is 1. The lowest BCUT2D eigenvalue weighted by atomic mass is 10.0. The van der Waals surface area contributed by atoms with E-state index in [9.17, 15) is 18.0 Å². The van der Waals surface area contributed by atoms with Crippen molar-refractivity contribution in [2.24, 2.45) is 0 Å². The number of carbonyl (C=O) groups excluding carboxylic acids is 2. The van der Waals surface area contributed by atoms with E-state index in [1.54, 1.807) is 4.90 Å². The van der Waals surface area contributed by atoms with E-state index < -0.39 is 15.9 Å². The van der Waals surface area contributed by atoms with Crippen LogP contribution in [0.25, 0.3) is 0 Å². The Balaban J connectivity index is 1.87. The molecule has 216 valence electrons. The lowest BCUT2D eigenvalue weighted by molar-refractivity contribution is 0.0772. The molecule has 0 saturated heterocycles. The number of hydrogen-bond donors (Lipinski definition) is 1. The lowest BCUT2D eigenvalue weighted by Crippen LogP contribution is -2.36. The van der Waals surface area contributed by atoms with Gasteiger partial charge < -0.3 is 19.7 Å². The van der Waals surface area contributed by atoms with Crippen LogP contribution in [-0.2, 0) is 32.5 Å². The molecule has 0 spiro atoms. The van der Waals surface area contributed by atoms with Gasteiger partial charge in [-0.3, -0.25) is 14.5 Å². The predicted octanol–water partition coefficient (Wildman–Crippen LogP) is 3.14. The second kappa shape index (κ2) is 14.3. The van der Waals surface area contributed by atoms with Crippen LogP contribution in [0.5, 0.6) is 0 Å². The summed E-state index contributed by atoms with van der Waals surface area (Å²) in [5.74, 6) is -0.472. The fraction of sp³-hybridized carbons (Fsp3) is 0.556. The number of methoxy groups -OCH3 is 2. The smallest absolute Gasteiger partial charge is 0.257 e. The standard InChI is InChI=1S/C27H40N4O6S2/c1-6-29-14-13-22-23(19-29)38-26(24(22)27(33)30(7-2)8-3)28-25(32)20-9-11-21(12-10-20)39(34,35)31(15-17-36-4)16-18-37-5/h9-12H,6-8,13-19H2,1-5H3,(H,28,32). The van der Waals surface area contributed by atoms with Crippen LogP contribution >= 0.6 is 11.3 Å². The maximum Gasteiger partial charge on any atom is 0.257 e. The van der Waals surface area contributed by atoms with Crippen LogP contribution in [0.4, 0.5) is 5.00 Å². The molecule has 2 heterocycles. The fourth-order valence-electron chi connectivity index (χ4n) is 4.55. The van der Waals surface area contributed by atoms with E-state index in [1.165, 1.54) is 54.1 Å². The third-order valence-corrected chi connectivity index (χ3v) is 9.96. The highest BCUT2D eigenvalue weighted by molar-refractivity contribution is 7.89. The molecular weight excluding hydrogens is 540 g/mol. The first-order valence-corrected chi connectivity index (χ1v) is 15.5. The van der Waals surface area contributed by atoms with Crippen LogP contribution in [0, 0.1) is 0 Å². The van der Waals surface area contributed by atoms with Crippen molar-refractivity contribution in [3.63, 3.8) is 0 Å². The van der Waals surface area contributed by atoms with E-state index in [1.807, 2.05) is 13.8 Å². The molecule has 0 bridgehead atoms. The summed E-state index contributed by atoms with van der Waals surface area (Å²) in [7, 11) is -0.775. The summed E-state index contributed by atoms with van der Waals surface area (Å²) in [4.78, 5) is 32.0. The molecule has 1 aromatic heterocycles. The number of amides is 2. The average Bonchev–Trinajstić information content (AvgIpc) is 3.30. The van der Waals surface area contributed by atoms with E-state index in [0.717, 1.165) is 36.5 Å². The molecule has 0 fully saturated rings. The van der Waals surface area contributed by atoms with E-state index in [4.69, 9.17) is 9.47 Å². The lowest BCUT2D eigenvalue weighted by Gasteiger charge is -2.26. The van der Waals surface area contributed by atoms with Gasteiger partial charge in [0.2, 0.25) is 10.0 Å². The van der Waals surface area contributed by atoms with Crippen molar-refractivity contribution in [2.45, 2.75) is 38.6 Å². The maximum atomic E-state index is 13.5. The van der Waals surface area contributed by atoms with Crippen LogP contribution in [0.15, 0.2) is 29.2 Å². The minimum absolute atomic E-state index is 0.0774. The zero-order valence-corrected chi connectivity index (χ0v) is 25.1. The SMILES string of the molecule is CCN1CCc2c(sc(NC(=O)c3ccc(S(=O)(=O)N(CCOC)CCOC)cc3)c2C(=O)N(CC)CC)C1. The van der Waals surface area contributed by atoms with Crippen molar-refractivity contribution in [1.29, 1.82) is 0 Å². The van der Waals surface area contributed by atoms with Gasteiger partial charge in [-0.2, -0.15) is 4.31 Å². The summed E-state index contributed by atoms with van der Waals surface area (Å²) in [6, 6.07) is 5.84. The number of carbonyl (C=O) groups is 2. The minimum Gasteiger partial charge on any atom is -0.383 e. The third kappa shape index (κ3) is 7.24. The Bertz CT molecular complexity index is 1220. The highest BCUT2D eigenvalue weighted by atomic mass is 32.2. The molecule has 2 aromatic rings. The van der Waals surface area contributed by atoms with E-state index in [0.29, 0.717) is 29.2 Å². The van der Waals surface area contributed by atoms with Gasteiger partial charge >= 0.3 is 0 Å². The van der Waals surface area contributed by atoms with Gasteiger partial charge in [0.25, 0.3) is 11.8 Å². The number of fused-ring (bicyclic) bond motifs is 1. The Labute approximate surface area is 235 Å². The van der Waals surface area contributed by atoms with Gasteiger partial charge in [-0.1, -0.05) is 6.92 Å². The molecule has 2 amide bonds. The third-order valence-electron chi connectivity index (χ3n) is 6.92. The largest absolute Gasteiger partial charge is 0.383 e. The quantitative estimate of drug-likeness (QED) is 0.366. The van der Waals surface area contributed by atoms with Crippen molar-refractivity contribution in [3.05, 3.63) is 45.8 Å². The first-order chi connectivity index (χ1) is 18.7. The Kier molecular flexibility index (Phi) is 11.5. The molecule has 12 heteroatoms. The van der Waals surface area contributed by atoms with Crippen LogP contribution < -0.4 is 5.32 Å². The fourth-order valence-corrected chi connectivity index (χ4v) is 7.24.